The molecule has 0 aliphatic carbocycles. The zero-order valence-electron chi connectivity index (χ0n) is 6.92. The highest BCUT2D eigenvalue weighted by Crippen LogP contribution is 2.05. The summed E-state index contributed by atoms with van der Waals surface area (Å²) in [5.41, 5.74) is 4.86. The fourth-order valence-electron chi connectivity index (χ4n) is 1.15. The molecule has 2 aromatic heterocycles. The number of nitrogen functional groups attached to an aromatic ring is 1. The average Bonchev–Trinajstić information content (AvgIpc) is 2.46. The number of rotatable bonds is 1. The first-order valence-electron chi connectivity index (χ1n) is 3.76. The second-order valence-electron chi connectivity index (χ2n) is 2.70. The maximum absolute atomic E-state index is 13.4. The summed E-state index contributed by atoms with van der Waals surface area (Å²) in [6.07, 6.45) is 1.34. The van der Waals surface area contributed by atoms with Crippen LogP contribution in [0.4, 0.5) is 10.3 Å². The molecule has 72 valence electrons. The second-order valence-corrected chi connectivity index (χ2v) is 2.70. The highest BCUT2D eigenvalue weighted by molar-refractivity contribution is 6.58. The Hall–Kier alpha value is -1.67. The first-order chi connectivity index (χ1) is 6.59. The van der Waals surface area contributed by atoms with Crippen molar-refractivity contribution in [2.75, 3.05) is 5.73 Å². The van der Waals surface area contributed by atoms with Crippen LogP contribution in [-0.4, -0.2) is 31.8 Å². The molecule has 0 amide bonds. The Morgan fingerprint density at radius 3 is 2.86 bits per heavy atom. The molecule has 0 unspecified atom stereocenters. The van der Waals surface area contributed by atoms with Crippen molar-refractivity contribution in [3.63, 3.8) is 0 Å². The molecule has 2 rings (SSSR count). The molecule has 6 nitrogen and oxygen atoms in total. The molecule has 14 heavy (non-hydrogen) atoms. The van der Waals surface area contributed by atoms with Crippen molar-refractivity contribution in [1.82, 2.24) is 14.6 Å². The lowest BCUT2D eigenvalue weighted by atomic mass is 9.80. The van der Waals surface area contributed by atoms with E-state index in [1.807, 2.05) is 0 Å². The average molecular weight is 196 g/mol. The summed E-state index contributed by atoms with van der Waals surface area (Å²) in [4.78, 5) is 3.59. The third-order valence-corrected chi connectivity index (χ3v) is 1.77. The lowest BCUT2D eigenvalue weighted by molar-refractivity contribution is 0.423. The SMILES string of the molecule is Nc1nc2c(F)c(B(O)O)ccn2n1. The van der Waals surface area contributed by atoms with Crippen LogP contribution in [0.1, 0.15) is 0 Å². The highest BCUT2D eigenvalue weighted by Gasteiger charge is 2.20. The molecule has 2 heterocycles. The van der Waals surface area contributed by atoms with E-state index in [4.69, 9.17) is 15.8 Å². The van der Waals surface area contributed by atoms with Gasteiger partial charge in [-0.1, -0.05) is 0 Å². The minimum absolute atomic E-state index is 0.0755. The molecular weight excluding hydrogens is 190 g/mol. The van der Waals surface area contributed by atoms with Crippen LogP contribution in [0.25, 0.3) is 5.65 Å². The van der Waals surface area contributed by atoms with E-state index in [1.165, 1.54) is 12.3 Å². The van der Waals surface area contributed by atoms with Crippen LogP contribution < -0.4 is 11.2 Å². The van der Waals surface area contributed by atoms with E-state index in [9.17, 15) is 4.39 Å². The van der Waals surface area contributed by atoms with Crippen LogP contribution in [0.15, 0.2) is 12.3 Å². The van der Waals surface area contributed by atoms with Gasteiger partial charge >= 0.3 is 7.12 Å². The summed E-state index contributed by atoms with van der Waals surface area (Å²) in [5, 5.41) is 21.2. The fourth-order valence-corrected chi connectivity index (χ4v) is 1.15. The molecular formula is C6H6BFN4O2. The van der Waals surface area contributed by atoms with E-state index >= 15 is 0 Å². The molecule has 8 heteroatoms. The van der Waals surface area contributed by atoms with Gasteiger partial charge in [-0.25, -0.2) is 8.91 Å². The lowest BCUT2D eigenvalue weighted by Crippen LogP contribution is -2.33. The Labute approximate surface area is 77.9 Å². The van der Waals surface area contributed by atoms with Crippen LogP contribution in [0.3, 0.4) is 0 Å². The van der Waals surface area contributed by atoms with Crippen LogP contribution in [-0.2, 0) is 0 Å². The van der Waals surface area contributed by atoms with E-state index in [1.54, 1.807) is 0 Å². The van der Waals surface area contributed by atoms with Crippen molar-refractivity contribution >= 4 is 24.2 Å². The van der Waals surface area contributed by atoms with Gasteiger partial charge in [0.2, 0.25) is 5.95 Å². The summed E-state index contributed by atoms with van der Waals surface area (Å²) in [6, 6.07) is 1.20. The van der Waals surface area contributed by atoms with Gasteiger partial charge < -0.3 is 15.8 Å². The first-order valence-corrected chi connectivity index (χ1v) is 3.76. The van der Waals surface area contributed by atoms with E-state index in [0.717, 1.165) is 4.52 Å². The minimum atomic E-state index is -1.88. The van der Waals surface area contributed by atoms with Gasteiger partial charge in [-0.15, -0.1) is 5.10 Å². The summed E-state index contributed by atoms with van der Waals surface area (Å²) < 4.78 is 14.6. The molecule has 0 saturated heterocycles. The Morgan fingerprint density at radius 2 is 2.21 bits per heavy atom. The van der Waals surface area contributed by atoms with Crippen molar-refractivity contribution in [3.05, 3.63) is 18.1 Å². The van der Waals surface area contributed by atoms with E-state index in [-0.39, 0.29) is 17.1 Å². The van der Waals surface area contributed by atoms with Gasteiger partial charge in [0.1, 0.15) is 0 Å². The number of nitrogens with zero attached hydrogens (tertiary/aromatic N) is 3. The van der Waals surface area contributed by atoms with Gasteiger partial charge in [0.25, 0.3) is 0 Å². The van der Waals surface area contributed by atoms with Crippen LogP contribution in [0.5, 0.6) is 0 Å². The Morgan fingerprint density at radius 1 is 1.50 bits per heavy atom. The predicted octanol–water partition coefficient (Wildman–Crippen LogP) is -1.87. The van der Waals surface area contributed by atoms with Gasteiger partial charge in [0.15, 0.2) is 11.5 Å². The highest BCUT2D eigenvalue weighted by atomic mass is 19.1. The Balaban J connectivity index is 2.74. The zero-order valence-corrected chi connectivity index (χ0v) is 6.92. The van der Waals surface area contributed by atoms with Crippen molar-refractivity contribution in [2.45, 2.75) is 0 Å². The van der Waals surface area contributed by atoms with E-state index in [0.29, 0.717) is 0 Å². The molecule has 0 radical (unpaired) electrons. The molecule has 0 aromatic carbocycles. The first kappa shape index (κ1) is 8.91. The predicted molar refractivity (Wildman–Crippen MR) is 47.2 cm³/mol. The molecule has 0 aliphatic heterocycles. The quantitative estimate of drug-likeness (QED) is 0.464. The number of pyridine rings is 1. The Bertz CT molecular complexity index is 486. The molecule has 0 atom stereocenters. The maximum Gasteiger partial charge on any atom is 0.491 e. The number of nitrogens with two attached hydrogens (primary N) is 1. The van der Waals surface area contributed by atoms with Crippen molar-refractivity contribution in [3.8, 4) is 0 Å². The topological polar surface area (TPSA) is 96.7 Å². The van der Waals surface area contributed by atoms with Gasteiger partial charge in [0, 0.05) is 11.7 Å². The monoisotopic (exact) mass is 196 g/mol. The number of hydrogen-bond acceptors (Lipinski definition) is 5. The summed E-state index contributed by atoms with van der Waals surface area (Å²) in [5.74, 6) is -0.917. The van der Waals surface area contributed by atoms with Gasteiger partial charge in [-0.2, -0.15) is 4.98 Å². The molecule has 0 fully saturated rings. The van der Waals surface area contributed by atoms with E-state index in [2.05, 4.69) is 10.1 Å². The van der Waals surface area contributed by atoms with Gasteiger partial charge in [0.05, 0.1) is 0 Å². The third kappa shape index (κ3) is 1.21. The molecule has 4 N–H and O–H groups in total. The molecule has 0 bridgehead atoms. The third-order valence-electron chi connectivity index (χ3n) is 1.77. The van der Waals surface area contributed by atoms with Crippen molar-refractivity contribution < 1.29 is 14.4 Å². The number of fused-ring (bicyclic) bond motifs is 1. The lowest BCUT2D eigenvalue weighted by Gasteiger charge is -2.00. The molecule has 0 saturated carbocycles. The second kappa shape index (κ2) is 2.93. The van der Waals surface area contributed by atoms with Crippen LogP contribution >= 0.6 is 0 Å². The fraction of sp³-hybridized carbons (Fsp3) is 0. The largest absolute Gasteiger partial charge is 0.491 e. The van der Waals surface area contributed by atoms with E-state index < -0.39 is 12.9 Å². The van der Waals surface area contributed by atoms with Crippen LogP contribution in [0, 0.1) is 5.82 Å². The molecule has 2 aromatic rings. The van der Waals surface area contributed by atoms with Crippen molar-refractivity contribution in [2.24, 2.45) is 0 Å². The summed E-state index contributed by atoms with van der Waals surface area (Å²) >= 11 is 0. The minimum Gasteiger partial charge on any atom is -0.423 e. The number of aromatic nitrogens is 3. The van der Waals surface area contributed by atoms with Crippen molar-refractivity contribution in [1.29, 1.82) is 0 Å². The summed E-state index contributed by atoms with van der Waals surface area (Å²) in [6.45, 7) is 0. The number of anilines is 1. The zero-order chi connectivity index (χ0) is 10.3. The molecule has 0 aliphatic rings. The van der Waals surface area contributed by atoms with Crippen LogP contribution in [0.2, 0.25) is 0 Å². The normalized spacial score (nSPS) is 10.8. The molecule has 0 spiro atoms. The summed E-state index contributed by atoms with van der Waals surface area (Å²) in [7, 11) is -1.88. The van der Waals surface area contributed by atoms with Gasteiger partial charge in [-0.3, -0.25) is 0 Å². The smallest absolute Gasteiger partial charge is 0.423 e. The Kier molecular flexibility index (Phi) is 1.86. The van der Waals surface area contributed by atoms with Gasteiger partial charge in [-0.05, 0) is 6.07 Å². The standard InChI is InChI=1S/C6H6BFN4O2/c8-4-3(7(13)14)1-2-12-5(4)10-6(9)11-12/h1-2,13-14H,(H2,9,11). The number of hydrogen-bond donors (Lipinski definition) is 3. The maximum atomic E-state index is 13.4. The number of halogens is 1.